The first-order valence-electron chi connectivity index (χ1n) is 7.13. The van der Waals surface area contributed by atoms with Gasteiger partial charge < -0.3 is 5.11 Å². The summed E-state index contributed by atoms with van der Waals surface area (Å²) in [4.78, 5) is 14.7. The van der Waals surface area contributed by atoms with Crippen LogP contribution in [0.2, 0.25) is 0 Å². The van der Waals surface area contributed by atoms with Gasteiger partial charge in [-0.15, -0.1) is 0 Å². The highest BCUT2D eigenvalue weighted by molar-refractivity contribution is 8.26. The topological polar surface area (TPSA) is 40.5 Å². The number of aromatic hydroxyl groups is 1. The number of phenolic OH excluding ortho intramolecular Hbond substituents is 1. The quantitative estimate of drug-likeness (QED) is 0.674. The van der Waals surface area contributed by atoms with E-state index in [0.29, 0.717) is 21.3 Å². The summed E-state index contributed by atoms with van der Waals surface area (Å²) in [7, 11) is 0. The largest absolute Gasteiger partial charge is 0.507 e. The Morgan fingerprint density at radius 3 is 2.70 bits per heavy atom. The molecular formula is C18H15NO2S2. The van der Waals surface area contributed by atoms with Crippen molar-refractivity contribution < 1.29 is 9.90 Å². The van der Waals surface area contributed by atoms with Crippen LogP contribution in [0.4, 0.5) is 0 Å². The predicted octanol–water partition coefficient (Wildman–Crippen LogP) is 4.10. The summed E-state index contributed by atoms with van der Waals surface area (Å²) in [5.41, 5.74) is 2.68. The molecule has 0 saturated carbocycles. The van der Waals surface area contributed by atoms with Crippen LogP contribution in [0.25, 0.3) is 6.08 Å². The molecule has 0 aliphatic carbocycles. The first-order chi connectivity index (χ1) is 11.0. The van der Waals surface area contributed by atoms with Gasteiger partial charge in [-0.05, 0) is 30.7 Å². The molecule has 1 aliphatic heterocycles. The zero-order valence-corrected chi connectivity index (χ0v) is 14.2. The SMILES string of the molecule is Cc1ccc(O)c(C=C2SC(=S)N(Cc3ccccc3)C2=O)c1. The fourth-order valence-electron chi connectivity index (χ4n) is 2.33. The maximum atomic E-state index is 12.6. The molecule has 23 heavy (non-hydrogen) atoms. The van der Waals surface area contributed by atoms with Gasteiger partial charge in [0.2, 0.25) is 0 Å². The zero-order valence-electron chi connectivity index (χ0n) is 12.5. The van der Waals surface area contributed by atoms with Crippen molar-refractivity contribution in [2.75, 3.05) is 0 Å². The number of thiocarbonyl (C=S) groups is 1. The Kier molecular flexibility index (Phi) is 4.50. The van der Waals surface area contributed by atoms with Gasteiger partial charge in [-0.25, -0.2) is 0 Å². The highest BCUT2D eigenvalue weighted by Crippen LogP contribution is 2.35. The first kappa shape index (κ1) is 15.8. The van der Waals surface area contributed by atoms with E-state index in [4.69, 9.17) is 12.2 Å². The van der Waals surface area contributed by atoms with Crippen LogP contribution >= 0.6 is 24.0 Å². The second kappa shape index (κ2) is 6.56. The third-order valence-corrected chi connectivity index (χ3v) is 4.90. The molecule has 1 amide bonds. The molecular weight excluding hydrogens is 326 g/mol. The number of amides is 1. The van der Waals surface area contributed by atoms with Crippen LogP contribution in [0.15, 0.2) is 53.4 Å². The molecule has 0 bridgehead atoms. The molecule has 1 saturated heterocycles. The number of carbonyl (C=O) groups is 1. The average molecular weight is 341 g/mol. The smallest absolute Gasteiger partial charge is 0.266 e. The van der Waals surface area contributed by atoms with E-state index >= 15 is 0 Å². The standard InChI is InChI=1S/C18H15NO2S2/c1-12-7-8-15(20)14(9-12)10-16-17(21)19(18(22)23-16)11-13-5-3-2-4-6-13/h2-10,20H,11H2,1H3. The molecule has 2 aromatic rings. The van der Waals surface area contributed by atoms with E-state index in [1.165, 1.54) is 11.8 Å². The van der Waals surface area contributed by atoms with Crippen LogP contribution in [0.5, 0.6) is 5.75 Å². The fourth-order valence-corrected chi connectivity index (χ4v) is 3.58. The maximum Gasteiger partial charge on any atom is 0.266 e. The number of carbonyl (C=O) groups excluding carboxylic acids is 1. The summed E-state index contributed by atoms with van der Waals surface area (Å²) >= 11 is 6.60. The first-order valence-corrected chi connectivity index (χ1v) is 8.36. The molecule has 3 rings (SSSR count). The van der Waals surface area contributed by atoms with Gasteiger partial charge in [-0.2, -0.15) is 0 Å². The third-order valence-electron chi connectivity index (χ3n) is 3.53. The Balaban J connectivity index is 1.86. The lowest BCUT2D eigenvalue weighted by Crippen LogP contribution is -2.27. The lowest BCUT2D eigenvalue weighted by molar-refractivity contribution is -0.122. The van der Waals surface area contributed by atoms with Gasteiger partial charge in [-0.3, -0.25) is 9.69 Å². The fraction of sp³-hybridized carbons (Fsp3) is 0.111. The van der Waals surface area contributed by atoms with E-state index in [1.807, 2.05) is 49.4 Å². The Hall–Kier alpha value is -2.11. The van der Waals surface area contributed by atoms with Gasteiger partial charge >= 0.3 is 0 Å². The Labute approximate surface area is 144 Å². The molecule has 1 heterocycles. The van der Waals surface area contributed by atoms with Crippen LogP contribution < -0.4 is 0 Å². The van der Waals surface area contributed by atoms with Gasteiger partial charge in [0.05, 0.1) is 11.4 Å². The van der Waals surface area contributed by atoms with Crippen molar-refractivity contribution >= 4 is 40.3 Å². The van der Waals surface area contributed by atoms with Crippen LogP contribution in [-0.4, -0.2) is 20.2 Å². The molecule has 1 fully saturated rings. The molecule has 0 radical (unpaired) electrons. The third kappa shape index (κ3) is 3.46. The monoisotopic (exact) mass is 341 g/mol. The lowest BCUT2D eigenvalue weighted by atomic mass is 10.1. The molecule has 0 spiro atoms. The highest BCUT2D eigenvalue weighted by atomic mass is 32.2. The van der Waals surface area contributed by atoms with Gasteiger partial charge in [0.25, 0.3) is 5.91 Å². The number of rotatable bonds is 3. The average Bonchev–Trinajstić information content (AvgIpc) is 2.80. The Bertz CT molecular complexity index is 800. The summed E-state index contributed by atoms with van der Waals surface area (Å²) in [5.74, 6) is 0.0358. The molecule has 5 heteroatoms. The zero-order chi connectivity index (χ0) is 16.4. The van der Waals surface area contributed by atoms with Crippen LogP contribution in [-0.2, 0) is 11.3 Å². The minimum atomic E-state index is -0.121. The number of nitrogens with zero attached hydrogens (tertiary/aromatic N) is 1. The highest BCUT2D eigenvalue weighted by Gasteiger charge is 2.32. The van der Waals surface area contributed by atoms with E-state index in [2.05, 4.69) is 0 Å². The number of hydrogen-bond donors (Lipinski definition) is 1. The molecule has 3 nitrogen and oxygen atoms in total. The van der Waals surface area contributed by atoms with E-state index in [0.717, 1.165) is 11.1 Å². The summed E-state index contributed by atoms with van der Waals surface area (Å²) in [5, 5.41) is 9.94. The summed E-state index contributed by atoms with van der Waals surface area (Å²) in [6.07, 6.45) is 1.70. The van der Waals surface area contributed by atoms with Crippen LogP contribution in [0.1, 0.15) is 16.7 Å². The van der Waals surface area contributed by atoms with E-state index in [-0.39, 0.29) is 11.7 Å². The van der Waals surface area contributed by atoms with Crippen molar-refractivity contribution in [3.8, 4) is 5.75 Å². The van der Waals surface area contributed by atoms with Gasteiger partial charge in [0, 0.05) is 5.56 Å². The van der Waals surface area contributed by atoms with E-state index in [1.54, 1.807) is 17.0 Å². The second-order valence-corrected chi connectivity index (χ2v) is 6.99. The van der Waals surface area contributed by atoms with Crippen molar-refractivity contribution in [2.24, 2.45) is 0 Å². The Morgan fingerprint density at radius 2 is 1.96 bits per heavy atom. The molecule has 0 unspecified atom stereocenters. The van der Waals surface area contributed by atoms with Crippen LogP contribution in [0.3, 0.4) is 0 Å². The Morgan fingerprint density at radius 1 is 1.22 bits per heavy atom. The lowest BCUT2D eigenvalue weighted by Gasteiger charge is -2.14. The van der Waals surface area contributed by atoms with Gasteiger partial charge in [-0.1, -0.05) is 65.9 Å². The van der Waals surface area contributed by atoms with E-state index in [9.17, 15) is 9.90 Å². The number of benzene rings is 2. The molecule has 0 aromatic heterocycles. The number of phenols is 1. The summed E-state index contributed by atoms with van der Waals surface area (Å²) in [6, 6.07) is 15.1. The molecule has 0 atom stereocenters. The minimum absolute atomic E-state index is 0.121. The molecule has 1 aliphatic rings. The van der Waals surface area contributed by atoms with Crippen molar-refractivity contribution in [3.05, 3.63) is 70.1 Å². The molecule has 1 N–H and O–H groups in total. The summed E-state index contributed by atoms with van der Waals surface area (Å²) < 4.78 is 0.539. The summed E-state index contributed by atoms with van der Waals surface area (Å²) in [6.45, 7) is 2.40. The van der Waals surface area contributed by atoms with Crippen molar-refractivity contribution in [2.45, 2.75) is 13.5 Å². The van der Waals surface area contributed by atoms with Crippen molar-refractivity contribution in [3.63, 3.8) is 0 Å². The predicted molar refractivity (Wildman–Crippen MR) is 98.0 cm³/mol. The number of hydrogen-bond acceptors (Lipinski definition) is 4. The van der Waals surface area contributed by atoms with Crippen molar-refractivity contribution in [1.29, 1.82) is 0 Å². The second-order valence-electron chi connectivity index (χ2n) is 5.32. The normalized spacial score (nSPS) is 16.4. The molecule has 2 aromatic carbocycles. The van der Waals surface area contributed by atoms with Gasteiger partial charge in [0.15, 0.2) is 0 Å². The van der Waals surface area contributed by atoms with Crippen molar-refractivity contribution in [1.82, 2.24) is 4.90 Å². The van der Waals surface area contributed by atoms with Crippen LogP contribution in [0, 0.1) is 6.92 Å². The number of aryl methyl sites for hydroxylation is 1. The molecule has 116 valence electrons. The van der Waals surface area contributed by atoms with E-state index < -0.39 is 0 Å². The van der Waals surface area contributed by atoms with Gasteiger partial charge in [0.1, 0.15) is 10.1 Å². The number of thioether (sulfide) groups is 1. The maximum absolute atomic E-state index is 12.6. The minimum Gasteiger partial charge on any atom is -0.507 e.